The average molecular weight is 701 g/mol. The summed E-state index contributed by atoms with van der Waals surface area (Å²) in [6, 6.07) is 68.8. The molecule has 0 aliphatic carbocycles. The van der Waals surface area contributed by atoms with Crippen molar-refractivity contribution in [3.05, 3.63) is 194 Å². The molecule has 2 heterocycles. The van der Waals surface area contributed by atoms with Crippen LogP contribution in [0.5, 0.6) is 0 Å². The second-order valence-electron chi connectivity index (χ2n) is 14.1. The Morgan fingerprint density at radius 1 is 0.291 bits per heavy atom. The highest BCUT2D eigenvalue weighted by atomic mass is 16.3. The van der Waals surface area contributed by atoms with E-state index < -0.39 is 0 Å². The van der Waals surface area contributed by atoms with Gasteiger partial charge in [0.15, 0.2) is 5.82 Å². The third kappa shape index (κ3) is 5.28. The SMILES string of the molecule is c1ccc(-c2cccc(-c3nc(-c4cccc(-c5cccc(-c6ccc7c8ccccc8c8ccccc8c7c6)c5)c4)nc4oc5ccccc5c34)c2)cc1. The lowest BCUT2D eigenvalue weighted by Gasteiger charge is -2.13. The van der Waals surface area contributed by atoms with E-state index >= 15 is 0 Å². The molecule has 0 saturated carbocycles. The fourth-order valence-corrected chi connectivity index (χ4v) is 8.24. The van der Waals surface area contributed by atoms with Gasteiger partial charge < -0.3 is 4.42 Å². The Balaban J connectivity index is 1.02. The van der Waals surface area contributed by atoms with Gasteiger partial charge in [-0.2, -0.15) is 4.98 Å². The van der Waals surface area contributed by atoms with E-state index in [4.69, 9.17) is 14.4 Å². The first-order valence-corrected chi connectivity index (χ1v) is 18.6. The van der Waals surface area contributed by atoms with Gasteiger partial charge in [-0.1, -0.05) is 164 Å². The smallest absolute Gasteiger partial charge is 0.231 e. The molecule has 0 N–H and O–H groups in total. The van der Waals surface area contributed by atoms with E-state index in [1.165, 1.54) is 43.4 Å². The first-order chi connectivity index (χ1) is 27.2. The summed E-state index contributed by atoms with van der Waals surface area (Å²) in [6.45, 7) is 0. The molecule has 3 nitrogen and oxygen atoms in total. The van der Waals surface area contributed by atoms with Crippen molar-refractivity contribution in [3.8, 4) is 56.0 Å². The molecular weight excluding hydrogens is 669 g/mol. The zero-order chi connectivity index (χ0) is 36.3. The molecule has 0 spiro atoms. The first-order valence-electron chi connectivity index (χ1n) is 18.6. The summed E-state index contributed by atoms with van der Waals surface area (Å²) < 4.78 is 6.40. The standard InChI is InChI=1S/C52H32N2O/c1-2-13-33(14-3-1)34-15-11-19-39(30-34)50-49-46-25-8-9-26-48(46)55-52(49)54-51(53-50)40-20-12-18-37(31-40)35-16-10-17-36(29-35)38-27-28-45-43-23-5-4-21-41(43)42-22-6-7-24-44(42)47(45)32-38/h1-32H. The Bertz CT molecular complexity index is 3230. The van der Waals surface area contributed by atoms with Gasteiger partial charge in [-0.3, -0.25) is 0 Å². The summed E-state index contributed by atoms with van der Waals surface area (Å²) in [7, 11) is 0. The number of furan rings is 1. The molecule has 9 aromatic carbocycles. The van der Waals surface area contributed by atoms with Crippen molar-refractivity contribution in [2.24, 2.45) is 0 Å². The Kier molecular flexibility index (Phi) is 7.17. The quantitative estimate of drug-likeness (QED) is 0.168. The maximum absolute atomic E-state index is 6.40. The molecule has 0 aliphatic rings. The van der Waals surface area contributed by atoms with Gasteiger partial charge in [0.1, 0.15) is 5.58 Å². The largest absolute Gasteiger partial charge is 0.438 e. The fourth-order valence-electron chi connectivity index (χ4n) is 8.24. The van der Waals surface area contributed by atoms with Crippen molar-refractivity contribution in [1.82, 2.24) is 9.97 Å². The molecular formula is C52H32N2O. The van der Waals surface area contributed by atoms with Crippen molar-refractivity contribution in [2.75, 3.05) is 0 Å². The van der Waals surface area contributed by atoms with Crippen LogP contribution >= 0.6 is 0 Å². The molecule has 3 heteroatoms. The van der Waals surface area contributed by atoms with Crippen molar-refractivity contribution in [3.63, 3.8) is 0 Å². The average Bonchev–Trinajstić information content (AvgIpc) is 3.65. The summed E-state index contributed by atoms with van der Waals surface area (Å²) in [5.41, 5.74) is 11.0. The van der Waals surface area contributed by atoms with Crippen molar-refractivity contribution >= 4 is 54.4 Å². The third-order valence-corrected chi connectivity index (χ3v) is 10.9. The molecule has 0 unspecified atom stereocenters. The molecule has 0 fully saturated rings. The summed E-state index contributed by atoms with van der Waals surface area (Å²) in [5, 5.41) is 9.59. The lowest BCUT2D eigenvalue weighted by atomic mass is 9.91. The topological polar surface area (TPSA) is 38.9 Å². The predicted molar refractivity (Wildman–Crippen MR) is 229 cm³/mol. The van der Waals surface area contributed by atoms with E-state index in [1.54, 1.807) is 0 Å². The van der Waals surface area contributed by atoms with Gasteiger partial charge in [0.05, 0.1) is 11.1 Å². The number of para-hydroxylation sites is 1. The second kappa shape index (κ2) is 12.6. The Morgan fingerprint density at radius 3 is 1.42 bits per heavy atom. The van der Waals surface area contributed by atoms with Gasteiger partial charge in [-0.05, 0) is 96.0 Å². The van der Waals surface area contributed by atoms with Gasteiger partial charge in [0.2, 0.25) is 5.71 Å². The minimum Gasteiger partial charge on any atom is -0.438 e. The van der Waals surface area contributed by atoms with Crippen LogP contribution in [0.3, 0.4) is 0 Å². The van der Waals surface area contributed by atoms with Crippen LogP contribution in [0.1, 0.15) is 0 Å². The number of benzene rings is 9. The molecule has 2 aromatic heterocycles. The molecule has 0 radical (unpaired) electrons. The van der Waals surface area contributed by atoms with Crippen LogP contribution in [0.15, 0.2) is 199 Å². The van der Waals surface area contributed by atoms with Crippen molar-refractivity contribution < 1.29 is 4.42 Å². The predicted octanol–water partition coefficient (Wildman–Crippen LogP) is 14.2. The van der Waals surface area contributed by atoms with Crippen LogP contribution in [0.4, 0.5) is 0 Å². The van der Waals surface area contributed by atoms with Crippen LogP contribution in [-0.2, 0) is 0 Å². The number of fused-ring (bicyclic) bond motifs is 9. The summed E-state index contributed by atoms with van der Waals surface area (Å²) in [6.07, 6.45) is 0. The molecule has 11 aromatic rings. The summed E-state index contributed by atoms with van der Waals surface area (Å²) in [4.78, 5) is 10.3. The lowest BCUT2D eigenvalue weighted by Crippen LogP contribution is -1.94. The van der Waals surface area contributed by atoms with Crippen LogP contribution in [0, 0.1) is 0 Å². The second-order valence-corrected chi connectivity index (χ2v) is 14.1. The molecule has 0 atom stereocenters. The monoisotopic (exact) mass is 700 g/mol. The van der Waals surface area contributed by atoms with Crippen molar-refractivity contribution in [2.45, 2.75) is 0 Å². The van der Waals surface area contributed by atoms with Crippen LogP contribution in [0.2, 0.25) is 0 Å². The number of rotatable bonds is 5. The van der Waals surface area contributed by atoms with E-state index in [-0.39, 0.29) is 0 Å². The van der Waals surface area contributed by atoms with Crippen molar-refractivity contribution in [1.29, 1.82) is 0 Å². The maximum atomic E-state index is 6.40. The van der Waals surface area contributed by atoms with E-state index in [0.717, 1.165) is 55.4 Å². The minimum absolute atomic E-state index is 0.579. The molecule has 11 rings (SSSR count). The van der Waals surface area contributed by atoms with Gasteiger partial charge in [-0.15, -0.1) is 0 Å². The first kappa shape index (κ1) is 31.2. The molecule has 256 valence electrons. The highest BCUT2D eigenvalue weighted by molar-refractivity contribution is 6.25. The molecule has 55 heavy (non-hydrogen) atoms. The zero-order valence-corrected chi connectivity index (χ0v) is 29.8. The van der Waals surface area contributed by atoms with Crippen LogP contribution in [0.25, 0.3) is 110 Å². The Labute approximate surface area is 317 Å². The van der Waals surface area contributed by atoms with Gasteiger partial charge >= 0.3 is 0 Å². The van der Waals surface area contributed by atoms with Gasteiger partial charge in [0, 0.05) is 16.5 Å². The van der Waals surface area contributed by atoms with E-state index in [9.17, 15) is 0 Å². The van der Waals surface area contributed by atoms with Crippen LogP contribution in [-0.4, -0.2) is 9.97 Å². The van der Waals surface area contributed by atoms with E-state index in [0.29, 0.717) is 11.5 Å². The Hall–Kier alpha value is -7.36. The highest BCUT2D eigenvalue weighted by Gasteiger charge is 2.19. The summed E-state index contributed by atoms with van der Waals surface area (Å²) in [5.74, 6) is 0.623. The van der Waals surface area contributed by atoms with Crippen LogP contribution < -0.4 is 0 Å². The van der Waals surface area contributed by atoms with E-state index in [1.807, 2.05) is 24.3 Å². The Morgan fingerprint density at radius 2 is 0.745 bits per heavy atom. The zero-order valence-electron chi connectivity index (χ0n) is 29.8. The number of aromatic nitrogens is 2. The minimum atomic E-state index is 0.579. The number of nitrogens with zero attached hydrogens (tertiary/aromatic N) is 2. The maximum Gasteiger partial charge on any atom is 0.231 e. The third-order valence-electron chi connectivity index (χ3n) is 10.9. The lowest BCUT2D eigenvalue weighted by molar-refractivity contribution is 0.653. The highest BCUT2D eigenvalue weighted by Crippen LogP contribution is 2.40. The summed E-state index contributed by atoms with van der Waals surface area (Å²) >= 11 is 0. The molecule has 0 bridgehead atoms. The number of hydrogen-bond acceptors (Lipinski definition) is 3. The van der Waals surface area contributed by atoms with Gasteiger partial charge in [0.25, 0.3) is 0 Å². The molecule has 0 aliphatic heterocycles. The van der Waals surface area contributed by atoms with E-state index in [2.05, 4.69) is 170 Å². The fraction of sp³-hybridized carbons (Fsp3) is 0. The number of hydrogen-bond donors (Lipinski definition) is 0. The van der Waals surface area contributed by atoms with Gasteiger partial charge in [-0.25, -0.2) is 4.98 Å². The molecule has 0 amide bonds. The molecule has 0 saturated heterocycles. The normalized spacial score (nSPS) is 11.6.